The number of aromatic nitrogens is 6. The third kappa shape index (κ3) is 9.99. The van der Waals surface area contributed by atoms with E-state index in [2.05, 4.69) is 56.9 Å². The Morgan fingerprint density at radius 1 is 0.600 bits per heavy atom. The third-order valence-corrected chi connectivity index (χ3v) is 9.75. The van der Waals surface area contributed by atoms with Crippen LogP contribution in [0.2, 0.25) is 0 Å². The minimum absolute atomic E-state index is 0.0695. The van der Waals surface area contributed by atoms with E-state index in [1.807, 2.05) is 0 Å². The van der Waals surface area contributed by atoms with Gasteiger partial charge in [-0.1, -0.05) is 0 Å². The highest BCUT2D eigenvalue weighted by molar-refractivity contribution is 6.09. The van der Waals surface area contributed by atoms with Crippen LogP contribution in [-0.4, -0.2) is 97.4 Å². The summed E-state index contributed by atoms with van der Waals surface area (Å²) in [4.78, 5) is 90.0. The summed E-state index contributed by atoms with van der Waals surface area (Å²) in [6.07, 6.45) is 5.57. The highest BCUT2D eigenvalue weighted by atomic mass is 16.4. The molecule has 0 aliphatic carbocycles. The summed E-state index contributed by atoms with van der Waals surface area (Å²) in [6, 6.07) is 16.9. The molecule has 0 fully saturated rings. The largest absolute Gasteiger partial charge is 0.507 e. The van der Waals surface area contributed by atoms with Crippen LogP contribution in [0.5, 0.6) is 11.5 Å². The van der Waals surface area contributed by atoms with Gasteiger partial charge in [0.25, 0.3) is 23.6 Å². The Balaban J connectivity index is 0.980. The first kappa shape index (κ1) is 43.9. The Hall–Kier alpha value is -9.15. The number of rotatable bonds is 15. The lowest BCUT2D eigenvalue weighted by Gasteiger charge is -2.18. The van der Waals surface area contributed by atoms with Gasteiger partial charge in [-0.15, -0.1) is 0 Å². The van der Waals surface area contributed by atoms with Crippen LogP contribution in [0.4, 0.5) is 22.7 Å². The molecule has 328 valence electrons. The molecule has 11 N–H and O–H groups in total. The van der Waals surface area contributed by atoms with Crippen LogP contribution in [0.1, 0.15) is 68.7 Å². The van der Waals surface area contributed by atoms with Gasteiger partial charge in [0.2, 0.25) is 5.91 Å². The number of anilines is 4. The number of hydrogen-bond acceptors (Lipinski definition) is 15. The summed E-state index contributed by atoms with van der Waals surface area (Å²) in [5, 5.41) is 73.3. The van der Waals surface area contributed by atoms with Crippen LogP contribution >= 0.6 is 0 Å². The molecule has 0 spiro atoms. The molecule has 3 heterocycles. The second kappa shape index (κ2) is 19.3. The zero-order valence-corrected chi connectivity index (χ0v) is 33.4. The van der Waals surface area contributed by atoms with Gasteiger partial charge in [-0.3, -0.25) is 33.9 Å². The number of carbonyl (C=O) groups is 6. The molecule has 0 radical (unpaired) electrons. The molecule has 7 aromatic rings. The SMILES string of the molecule is O=C(Nc1ccc(C(=O)N[C@@H](Cc2cn[nH]n2)C(=O)Nc2ccc(C(=O)Nc3ccc(C(=O)Nc4ccc(C(=O)O)c(O)c4CO)c(O)c3CO)nc2)cc1)c1ccc2nccnc2c1. The number of pyridine rings is 1. The van der Waals surface area contributed by atoms with Crippen molar-refractivity contribution in [1.29, 1.82) is 0 Å². The Labute approximate surface area is 365 Å². The molecular weight excluding hydrogens is 847 g/mol. The van der Waals surface area contributed by atoms with Crippen LogP contribution in [0.3, 0.4) is 0 Å². The first-order chi connectivity index (χ1) is 31.3. The number of nitrogens with zero attached hydrogens (tertiary/aromatic N) is 5. The number of hydrogen-bond donors (Lipinski definition) is 11. The Kier molecular flexibility index (Phi) is 13.0. The lowest BCUT2D eigenvalue weighted by molar-refractivity contribution is -0.118. The first-order valence-electron chi connectivity index (χ1n) is 19.2. The molecule has 0 unspecified atom stereocenters. The van der Waals surface area contributed by atoms with E-state index >= 15 is 0 Å². The monoisotopic (exact) mass is 881 g/mol. The molecule has 1 atom stereocenters. The predicted octanol–water partition coefficient (Wildman–Crippen LogP) is 2.97. The van der Waals surface area contributed by atoms with E-state index in [4.69, 9.17) is 0 Å². The van der Waals surface area contributed by atoms with E-state index in [0.29, 0.717) is 28.0 Å². The average molecular weight is 882 g/mol. The number of aromatic carboxylic acids is 1. The Morgan fingerprint density at radius 2 is 1.23 bits per heavy atom. The number of fused-ring (bicyclic) bond motifs is 1. The topological polar surface area (TPSA) is 344 Å². The zero-order valence-electron chi connectivity index (χ0n) is 33.4. The van der Waals surface area contributed by atoms with Crippen molar-refractivity contribution in [1.82, 2.24) is 35.7 Å². The third-order valence-electron chi connectivity index (χ3n) is 9.75. The van der Waals surface area contributed by atoms with Gasteiger partial charge in [-0.25, -0.2) is 9.78 Å². The Morgan fingerprint density at radius 3 is 1.86 bits per heavy atom. The number of phenols is 2. The molecule has 0 bridgehead atoms. The quantitative estimate of drug-likeness (QED) is 0.0705. The molecule has 3 aromatic heterocycles. The van der Waals surface area contributed by atoms with Gasteiger partial charge < -0.3 is 52.1 Å². The van der Waals surface area contributed by atoms with Crippen molar-refractivity contribution in [2.24, 2.45) is 0 Å². The van der Waals surface area contributed by atoms with Crippen molar-refractivity contribution in [3.05, 3.63) is 148 Å². The number of H-pyrrole nitrogens is 1. The van der Waals surface area contributed by atoms with Gasteiger partial charge in [0, 0.05) is 46.8 Å². The summed E-state index contributed by atoms with van der Waals surface area (Å²) >= 11 is 0. The highest BCUT2D eigenvalue weighted by Gasteiger charge is 2.25. The van der Waals surface area contributed by atoms with Crippen molar-refractivity contribution < 1.29 is 54.3 Å². The fourth-order valence-electron chi connectivity index (χ4n) is 6.39. The maximum atomic E-state index is 13.6. The lowest BCUT2D eigenvalue weighted by atomic mass is 10.0. The van der Waals surface area contributed by atoms with Crippen LogP contribution in [0.15, 0.2) is 104 Å². The molecule has 65 heavy (non-hydrogen) atoms. The van der Waals surface area contributed by atoms with Crippen LogP contribution < -0.4 is 26.6 Å². The number of amides is 5. The molecule has 22 heteroatoms. The molecule has 5 amide bonds. The molecular formula is C43H35N11O11. The lowest BCUT2D eigenvalue weighted by Crippen LogP contribution is -2.45. The van der Waals surface area contributed by atoms with Crippen LogP contribution in [0, 0.1) is 0 Å². The summed E-state index contributed by atoms with van der Waals surface area (Å²) in [6.45, 7) is -1.67. The molecule has 22 nitrogen and oxygen atoms in total. The molecule has 7 rings (SSSR count). The van der Waals surface area contributed by atoms with E-state index in [1.54, 1.807) is 24.4 Å². The fraction of sp³-hybridized carbons (Fsp3) is 0.0930. The number of aromatic hydroxyl groups is 2. The normalized spacial score (nSPS) is 11.3. The van der Waals surface area contributed by atoms with Gasteiger partial charge in [0.15, 0.2) is 0 Å². The van der Waals surface area contributed by atoms with Crippen molar-refractivity contribution in [2.75, 3.05) is 21.3 Å². The fourth-order valence-corrected chi connectivity index (χ4v) is 6.39. The minimum Gasteiger partial charge on any atom is -0.507 e. The summed E-state index contributed by atoms with van der Waals surface area (Å²) in [7, 11) is 0. The predicted molar refractivity (Wildman–Crippen MR) is 229 cm³/mol. The number of carbonyl (C=O) groups excluding carboxylic acids is 5. The van der Waals surface area contributed by atoms with Crippen molar-refractivity contribution in [3.8, 4) is 11.5 Å². The van der Waals surface area contributed by atoms with Crippen molar-refractivity contribution in [2.45, 2.75) is 25.7 Å². The number of aliphatic hydroxyl groups is 2. The second-order valence-electron chi connectivity index (χ2n) is 13.9. The molecule has 0 aliphatic heterocycles. The standard InChI is InChI=1S/C43H35N11O11/c55-19-28-31(11-7-26(36(28)57)40(61)50-30-12-8-27(43(64)65)37(58)29(30)20-56)51-41(62)33-10-6-24(17-46-33)49-42(63)35(16-25-18-47-54-53-25)52-38(59)21-1-4-23(5-2-21)48-39(60)22-3-9-32-34(15-22)45-14-13-44-32/h1-15,17-18,35,55-58H,16,19-20H2,(H,48,60)(H,49,63)(H,50,61)(H,51,62)(H,52,59)(H,64,65)(H,47,53,54)/t35-/m0/s1. The first-order valence-corrected chi connectivity index (χ1v) is 19.2. The number of carboxylic acid groups (broad SMARTS) is 1. The molecule has 4 aromatic carbocycles. The van der Waals surface area contributed by atoms with E-state index in [0.717, 1.165) is 18.2 Å². The van der Waals surface area contributed by atoms with Crippen LogP contribution in [-0.2, 0) is 24.4 Å². The number of aliphatic hydroxyl groups excluding tert-OH is 2. The maximum Gasteiger partial charge on any atom is 0.339 e. The second-order valence-corrected chi connectivity index (χ2v) is 13.9. The van der Waals surface area contributed by atoms with E-state index in [-0.39, 0.29) is 51.4 Å². The minimum atomic E-state index is -1.47. The average Bonchev–Trinajstić information content (AvgIpc) is 3.82. The number of aromatic amines is 1. The van der Waals surface area contributed by atoms with Gasteiger partial charge in [0.1, 0.15) is 28.8 Å². The maximum absolute atomic E-state index is 13.6. The highest BCUT2D eigenvalue weighted by Crippen LogP contribution is 2.33. The van der Waals surface area contributed by atoms with E-state index in [1.165, 1.54) is 61.1 Å². The van der Waals surface area contributed by atoms with Crippen molar-refractivity contribution in [3.63, 3.8) is 0 Å². The van der Waals surface area contributed by atoms with Gasteiger partial charge in [-0.05, 0) is 78.9 Å². The van der Waals surface area contributed by atoms with Gasteiger partial charge >= 0.3 is 5.97 Å². The number of benzene rings is 4. The van der Waals surface area contributed by atoms with Crippen LogP contribution in [0.25, 0.3) is 11.0 Å². The molecule has 0 saturated carbocycles. The van der Waals surface area contributed by atoms with E-state index < -0.39 is 71.8 Å². The summed E-state index contributed by atoms with van der Waals surface area (Å²) in [5.41, 5.74) is 0.800. The molecule has 0 saturated heterocycles. The summed E-state index contributed by atoms with van der Waals surface area (Å²) in [5.74, 6) is -6.40. The van der Waals surface area contributed by atoms with Gasteiger partial charge in [0.05, 0.1) is 65.0 Å². The van der Waals surface area contributed by atoms with Gasteiger partial charge in [-0.2, -0.15) is 15.4 Å². The number of nitrogens with one attached hydrogen (secondary N) is 6. The summed E-state index contributed by atoms with van der Waals surface area (Å²) < 4.78 is 0. The molecule has 0 aliphatic rings. The Bertz CT molecular complexity index is 2960. The van der Waals surface area contributed by atoms with Crippen molar-refractivity contribution >= 4 is 69.3 Å². The smallest absolute Gasteiger partial charge is 0.339 e. The van der Waals surface area contributed by atoms with E-state index in [9.17, 15) is 54.3 Å². The number of carboxylic acids is 1. The zero-order chi connectivity index (χ0) is 46.2.